The Balaban J connectivity index is 1.64. The van der Waals surface area contributed by atoms with Crippen molar-refractivity contribution in [3.05, 3.63) is 71.7 Å². The molecule has 0 saturated carbocycles. The number of nitrogens with zero attached hydrogens (tertiary/aromatic N) is 4. The highest BCUT2D eigenvalue weighted by molar-refractivity contribution is 7.99. The minimum atomic E-state index is -0.185. The Morgan fingerprint density at radius 2 is 2.07 bits per heavy atom. The first-order valence-electron chi connectivity index (χ1n) is 8.79. The smallest absolute Gasteiger partial charge is 0.236 e. The van der Waals surface area contributed by atoms with E-state index in [1.807, 2.05) is 28.8 Å². The summed E-state index contributed by atoms with van der Waals surface area (Å²) in [5.41, 5.74) is 1.09. The molecule has 2 heterocycles. The normalized spacial score (nSPS) is 10.6. The van der Waals surface area contributed by atoms with Gasteiger partial charge in [0.2, 0.25) is 5.91 Å². The van der Waals surface area contributed by atoms with Gasteiger partial charge < -0.3 is 14.6 Å². The van der Waals surface area contributed by atoms with Crippen molar-refractivity contribution in [1.29, 1.82) is 0 Å². The zero-order chi connectivity index (χ0) is 20.6. The summed E-state index contributed by atoms with van der Waals surface area (Å²) in [5.74, 6) is 2.06. The lowest BCUT2D eigenvalue weighted by Crippen LogP contribution is -2.15. The Hall–Kier alpha value is -2.84. The van der Waals surface area contributed by atoms with Gasteiger partial charge in [-0.2, -0.15) is 0 Å². The molecule has 150 valence electrons. The topological polar surface area (TPSA) is 81.9 Å². The molecule has 0 radical (unpaired) electrons. The van der Waals surface area contributed by atoms with Gasteiger partial charge in [-0.1, -0.05) is 41.6 Å². The maximum Gasteiger partial charge on any atom is 0.236 e. The SMILES string of the molecule is C=CCn1c(Cc2ccc(OC)cc2)nnc1SCC(=O)Nc1ccc(Cl)cn1. The number of halogens is 1. The predicted molar refractivity (Wildman–Crippen MR) is 115 cm³/mol. The summed E-state index contributed by atoms with van der Waals surface area (Å²) in [7, 11) is 1.64. The van der Waals surface area contributed by atoms with E-state index in [1.54, 1.807) is 25.3 Å². The summed E-state index contributed by atoms with van der Waals surface area (Å²) in [5, 5.41) is 12.4. The van der Waals surface area contributed by atoms with Crippen LogP contribution in [0.2, 0.25) is 5.02 Å². The molecule has 0 saturated heterocycles. The molecule has 9 heteroatoms. The van der Waals surface area contributed by atoms with Crippen molar-refractivity contribution < 1.29 is 9.53 Å². The van der Waals surface area contributed by atoms with E-state index in [9.17, 15) is 4.79 Å². The summed E-state index contributed by atoms with van der Waals surface area (Å²) >= 11 is 7.11. The highest BCUT2D eigenvalue weighted by Crippen LogP contribution is 2.20. The van der Waals surface area contributed by atoms with Crippen molar-refractivity contribution >= 4 is 35.1 Å². The number of nitrogens with one attached hydrogen (secondary N) is 1. The fraction of sp³-hybridized carbons (Fsp3) is 0.200. The maximum atomic E-state index is 12.2. The van der Waals surface area contributed by atoms with Crippen LogP contribution in [0.5, 0.6) is 5.75 Å². The zero-order valence-electron chi connectivity index (χ0n) is 15.8. The van der Waals surface area contributed by atoms with Crippen LogP contribution < -0.4 is 10.1 Å². The van der Waals surface area contributed by atoms with E-state index in [1.165, 1.54) is 18.0 Å². The molecule has 0 spiro atoms. The first-order chi connectivity index (χ1) is 14.1. The van der Waals surface area contributed by atoms with Crippen LogP contribution in [-0.4, -0.2) is 38.5 Å². The number of carbonyl (C=O) groups is 1. The van der Waals surface area contributed by atoms with Crippen LogP contribution in [-0.2, 0) is 17.8 Å². The van der Waals surface area contributed by atoms with Gasteiger partial charge in [0, 0.05) is 19.2 Å². The first-order valence-corrected chi connectivity index (χ1v) is 10.2. The molecule has 0 aliphatic rings. The number of anilines is 1. The molecule has 3 rings (SSSR count). The minimum Gasteiger partial charge on any atom is -0.497 e. The summed E-state index contributed by atoms with van der Waals surface area (Å²) in [6.07, 6.45) is 3.88. The van der Waals surface area contributed by atoms with Gasteiger partial charge in [-0.05, 0) is 29.8 Å². The number of hydrogen-bond acceptors (Lipinski definition) is 6. The van der Waals surface area contributed by atoms with Gasteiger partial charge >= 0.3 is 0 Å². The number of ether oxygens (including phenoxy) is 1. The molecule has 0 aliphatic carbocycles. The third-order valence-electron chi connectivity index (χ3n) is 3.95. The number of aromatic nitrogens is 4. The van der Waals surface area contributed by atoms with Gasteiger partial charge in [-0.25, -0.2) is 4.98 Å². The molecule has 1 aromatic carbocycles. The third-order valence-corrected chi connectivity index (χ3v) is 5.14. The van der Waals surface area contributed by atoms with Gasteiger partial charge in [0.1, 0.15) is 17.4 Å². The lowest BCUT2D eigenvalue weighted by molar-refractivity contribution is -0.113. The van der Waals surface area contributed by atoms with Crippen LogP contribution >= 0.6 is 23.4 Å². The minimum absolute atomic E-state index is 0.183. The monoisotopic (exact) mass is 429 g/mol. The standard InChI is InChI=1S/C20H20ClN5O2S/c1-3-10-26-18(11-14-4-7-16(28-2)8-5-14)24-25-20(26)29-13-19(27)23-17-9-6-15(21)12-22-17/h3-9,12H,1,10-11,13H2,2H3,(H,22,23,27). The van der Waals surface area contributed by atoms with E-state index < -0.39 is 0 Å². The number of pyridine rings is 1. The van der Waals surface area contributed by atoms with E-state index in [0.29, 0.717) is 29.0 Å². The highest BCUT2D eigenvalue weighted by atomic mass is 35.5. The zero-order valence-corrected chi connectivity index (χ0v) is 17.4. The van der Waals surface area contributed by atoms with Crippen molar-refractivity contribution in [2.75, 3.05) is 18.2 Å². The van der Waals surface area contributed by atoms with Crippen LogP contribution in [0.4, 0.5) is 5.82 Å². The van der Waals surface area contributed by atoms with Crippen LogP contribution in [0.25, 0.3) is 0 Å². The van der Waals surface area contributed by atoms with Crippen molar-refractivity contribution in [1.82, 2.24) is 19.7 Å². The molecular formula is C20H20ClN5O2S. The fourth-order valence-electron chi connectivity index (χ4n) is 2.55. The molecule has 0 fully saturated rings. The molecule has 7 nitrogen and oxygen atoms in total. The molecule has 0 bridgehead atoms. The second-order valence-corrected chi connectivity index (χ2v) is 7.40. The number of hydrogen-bond donors (Lipinski definition) is 1. The van der Waals surface area contributed by atoms with E-state index in [4.69, 9.17) is 16.3 Å². The Bertz CT molecular complexity index is 974. The molecule has 0 aliphatic heterocycles. The van der Waals surface area contributed by atoms with E-state index >= 15 is 0 Å². The Morgan fingerprint density at radius 3 is 2.72 bits per heavy atom. The number of rotatable bonds is 9. The summed E-state index contributed by atoms with van der Waals surface area (Å²) < 4.78 is 7.14. The van der Waals surface area contributed by atoms with Crippen molar-refractivity contribution in [2.45, 2.75) is 18.1 Å². The Morgan fingerprint density at radius 1 is 1.28 bits per heavy atom. The van der Waals surface area contributed by atoms with Gasteiger partial charge in [0.25, 0.3) is 0 Å². The Kier molecular flexibility index (Phi) is 7.26. The van der Waals surface area contributed by atoms with Crippen LogP contribution in [0.3, 0.4) is 0 Å². The number of thioether (sulfide) groups is 1. The molecule has 1 amide bonds. The first kappa shape index (κ1) is 20.9. The quantitative estimate of drug-likeness (QED) is 0.411. The lowest BCUT2D eigenvalue weighted by Gasteiger charge is -2.08. The van der Waals surface area contributed by atoms with E-state index in [-0.39, 0.29) is 11.7 Å². The molecule has 0 unspecified atom stereocenters. The lowest BCUT2D eigenvalue weighted by atomic mass is 10.1. The van der Waals surface area contributed by atoms with Gasteiger partial charge in [-0.3, -0.25) is 4.79 Å². The molecule has 3 aromatic rings. The van der Waals surface area contributed by atoms with Crippen LogP contribution in [0, 0.1) is 0 Å². The molecule has 0 atom stereocenters. The van der Waals surface area contributed by atoms with E-state index in [0.717, 1.165) is 17.1 Å². The largest absolute Gasteiger partial charge is 0.497 e. The number of allylic oxidation sites excluding steroid dienone is 1. The number of amides is 1. The number of methoxy groups -OCH3 is 1. The molecule has 1 N–H and O–H groups in total. The highest BCUT2D eigenvalue weighted by Gasteiger charge is 2.14. The predicted octanol–water partition coefficient (Wildman–Crippen LogP) is 3.84. The Labute approximate surface area is 178 Å². The molecule has 29 heavy (non-hydrogen) atoms. The summed E-state index contributed by atoms with van der Waals surface area (Å²) in [6, 6.07) is 11.1. The molecular weight excluding hydrogens is 410 g/mol. The van der Waals surface area contributed by atoms with Crippen LogP contribution in [0.1, 0.15) is 11.4 Å². The summed E-state index contributed by atoms with van der Waals surface area (Å²) in [6.45, 7) is 4.36. The van der Waals surface area contributed by atoms with Crippen molar-refractivity contribution in [2.24, 2.45) is 0 Å². The van der Waals surface area contributed by atoms with Gasteiger partial charge in [-0.15, -0.1) is 16.8 Å². The fourth-order valence-corrected chi connectivity index (χ4v) is 3.43. The third kappa shape index (κ3) is 5.82. The number of benzene rings is 1. The van der Waals surface area contributed by atoms with Crippen LogP contribution in [0.15, 0.2) is 60.4 Å². The van der Waals surface area contributed by atoms with Gasteiger partial charge in [0.15, 0.2) is 5.16 Å². The maximum absolute atomic E-state index is 12.2. The molecule has 2 aromatic heterocycles. The van der Waals surface area contributed by atoms with Gasteiger partial charge in [0.05, 0.1) is 17.9 Å². The second-order valence-electron chi connectivity index (χ2n) is 6.02. The number of carbonyl (C=O) groups excluding carboxylic acids is 1. The summed E-state index contributed by atoms with van der Waals surface area (Å²) in [4.78, 5) is 16.3. The average Bonchev–Trinajstić information content (AvgIpc) is 3.10. The van der Waals surface area contributed by atoms with E-state index in [2.05, 4.69) is 27.1 Å². The average molecular weight is 430 g/mol. The second kappa shape index (κ2) is 10.1. The van der Waals surface area contributed by atoms with Crippen molar-refractivity contribution in [3.63, 3.8) is 0 Å². The van der Waals surface area contributed by atoms with Crippen molar-refractivity contribution in [3.8, 4) is 5.75 Å².